The maximum Gasteiger partial charge on any atom is 0.237 e. The molecule has 2 aliphatic heterocycles. The quantitative estimate of drug-likeness (QED) is 0.354. The summed E-state index contributed by atoms with van der Waals surface area (Å²) in [7, 11) is 0. The fraction of sp³-hybridized carbons (Fsp3) is 0.593. The summed E-state index contributed by atoms with van der Waals surface area (Å²) < 4.78 is 11.5. The van der Waals surface area contributed by atoms with Gasteiger partial charge in [0.2, 0.25) is 11.8 Å². The average Bonchev–Trinajstić information content (AvgIpc) is 3.21. The molecule has 0 aromatic heterocycles. The molecule has 37 heavy (non-hydrogen) atoms. The van der Waals surface area contributed by atoms with Crippen LogP contribution in [0.5, 0.6) is 5.75 Å². The molecule has 9 nitrogen and oxygen atoms in total. The Hall–Kier alpha value is -2.74. The van der Waals surface area contributed by atoms with E-state index in [1.807, 2.05) is 32.0 Å². The highest BCUT2D eigenvalue weighted by molar-refractivity contribution is 8.01. The number of ether oxygens (including phenoxy) is 2. The van der Waals surface area contributed by atoms with Crippen molar-refractivity contribution in [3.8, 4) is 11.8 Å². The molecule has 0 saturated carbocycles. The van der Waals surface area contributed by atoms with Gasteiger partial charge in [0.1, 0.15) is 18.3 Å². The number of nitriles is 1. The van der Waals surface area contributed by atoms with Gasteiger partial charge in [-0.3, -0.25) is 14.5 Å². The smallest absolute Gasteiger partial charge is 0.237 e. The second-order valence-corrected chi connectivity index (χ2v) is 10.5. The first-order valence-electron chi connectivity index (χ1n) is 13.0. The zero-order chi connectivity index (χ0) is 26.6. The number of amides is 2. The van der Waals surface area contributed by atoms with Gasteiger partial charge in [-0.1, -0.05) is 12.1 Å². The molecular weight excluding hydrogens is 490 g/mol. The Balaban J connectivity index is 1.48. The largest absolute Gasteiger partial charge is 0.492 e. The molecule has 3 rings (SSSR count). The van der Waals surface area contributed by atoms with Gasteiger partial charge in [-0.15, -0.1) is 18.3 Å². The van der Waals surface area contributed by atoms with Gasteiger partial charge in [-0.2, -0.15) is 5.26 Å². The van der Waals surface area contributed by atoms with Gasteiger partial charge in [-0.05, 0) is 31.9 Å². The predicted octanol–water partition coefficient (Wildman–Crippen LogP) is 2.63. The van der Waals surface area contributed by atoms with Gasteiger partial charge in [-0.25, -0.2) is 0 Å². The number of morpholine rings is 1. The number of nitrogens with one attached hydrogen (secondary N) is 2. The number of hydrogen-bond acceptors (Lipinski definition) is 8. The first kappa shape index (κ1) is 28.8. The lowest BCUT2D eigenvalue weighted by Gasteiger charge is -2.26. The number of carbonyl (C=O) groups excluding carboxylic acids is 2. The SMILES string of the molecule is C=CCNC(=O)C(C#N)CC1SC(CCNc2ccc(C)c(OCCN3CCOCC3)c2)C(=O)N1CC. The topological polar surface area (TPSA) is 107 Å². The van der Waals surface area contributed by atoms with E-state index in [1.165, 1.54) is 0 Å². The van der Waals surface area contributed by atoms with E-state index in [4.69, 9.17) is 9.47 Å². The van der Waals surface area contributed by atoms with Crippen LogP contribution in [0.25, 0.3) is 0 Å². The highest BCUT2D eigenvalue weighted by Gasteiger charge is 2.40. The molecule has 3 unspecified atom stereocenters. The highest BCUT2D eigenvalue weighted by Crippen LogP contribution is 2.37. The molecule has 0 spiro atoms. The monoisotopic (exact) mass is 529 g/mol. The lowest BCUT2D eigenvalue weighted by atomic mass is 10.1. The maximum atomic E-state index is 13.0. The van der Waals surface area contributed by atoms with Crippen molar-refractivity contribution in [1.82, 2.24) is 15.1 Å². The minimum absolute atomic E-state index is 0.0681. The Kier molecular flexibility index (Phi) is 11.6. The van der Waals surface area contributed by atoms with Crippen molar-refractivity contribution in [2.75, 3.05) is 64.4 Å². The molecule has 10 heteroatoms. The number of carbonyl (C=O) groups is 2. The van der Waals surface area contributed by atoms with Crippen LogP contribution in [-0.2, 0) is 14.3 Å². The van der Waals surface area contributed by atoms with Crippen molar-refractivity contribution < 1.29 is 19.1 Å². The fourth-order valence-electron chi connectivity index (χ4n) is 4.42. The second kappa shape index (κ2) is 14.9. The first-order valence-corrected chi connectivity index (χ1v) is 13.9. The molecule has 2 heterocycles. The highest BCUT2D eigenvalue weighted by atomic mass is 32.2. The summed E-state index contributed by atoms with van der Waals surface area (Å²) in [4.78, 5) is 29.4. The number of thioether (sulfide) groups is 1. The van der Waals surface area contributed by atoms with E-state index >= 15 is 0 Å². The lowest BCUT2D eigenvalue weighted by Crippen LogP contribution is -2.38. The van der Waals surface area contributed by atoms with Gasteiger partial charge >= 0.3 is 0 Å². The van der Waals surface area contributed by atoms with Gasteiger partial charge in [0.15, 0.2) is 0 Å². The van der Waals surface area contributed by atoms with Crippen molar-refractivity contribution in [3.05, 3.63) is 36.4 Å². The van der Waals surface area contributed by atoms with E-state index in [1.54, 1.807) is 22.7 Å². The molecule has 2 N–H and O–H groups in total. The molecule has 0 aliphatic carbocycles. The van der Waals surface area contributed by atoms with E-state index in [0.717, 1.165) is 49.8 Å². The normalized spacial score (nSPS) is 20.8. The van der Waals surface area contributed by atoms with Crippen molar-refractivity contribution >= 4 is 29.3 Å². The molecule has 0 bridgehead atoms. The van der Waals surface area contributed by atoms with E-state index in [-0.39, 0.29) is 22.4 Å². The summed E-state index contributed by atoms with van der Waals surface area (Å²) in [5, 5.41) is 15.2. The predicted molar refractivity (Wildman–Crippen MR) is 147 cm³/mol. The minimum Gasteiger partial charge on any atom is -0.492 e. The van der Waals surface area contributed by atoms with Gasteiger partial charge < -0.3 is 25.0 Å². The lowest BCUT2D eigenvalue weighted by molar-refractivity contribution is -0.131. The van der Waals surface area contributed by atoms with Crippen LogP contribution in [0.1, 0.15) is 25.3 Å². The zero-order valence-electron chi connectivity index (χ0n) is 21.9. The Bertz CT molecular complexity index is 963. The van der Waals surface area contributed by atoms with Crippen molar-refractivity contribution in [2.45, 2.75) is 37.3 Å². The average molecular weight is 530 g/mol. The van der Waals surface area contributed by atoms with Crippen LogP contribution in [0.3, 0.4) is 0 Å². The molecule has 202 valence electrons. The first-order chi connectivity index (χ1) is 18.0. The standard InChI is InChI=1S/C27H39N5O4S/c1-4-9-30-26(33)21(19-28)17-25-32(5-2)27(34)24(37-25)8-10-29-22-7-6-20(3)23(18-22)36-16-13-31-11-14-35-15-12-31/h4,6-7,18,21,24-25,29H,1,5,8-17H2,2-3H3,(H,30,33). The van der Waals surface area contributed by atoms with Crippen molar-refractivity contribution in [1.29, 1.82) is 5.26 Å². The van der Waals surface area contributed by atoms with Crippen LogP contribution < -0.4 is 15.4 Å². The third-order valence-corrected chi connectivity index (χ3v) is 8.12. The number of nitrogens with zero attached hydrogens (tertiary/aromatic N) is 3. The van der Waals surface area contributed by atoms with Crippen LogP contribution >= 0.6 is 11.8 Å². The third-order valence-electron chi connectivity index (χ3n) is 6.59. The minimum atomic E-state index is -0.801. The number of aryl methyl sites for hydroxylation is 1. The number of rotatable bonds is 14. The van der Waals surface area contributed by atoms with Crippen LogP contribution in [0.4, 0.5) is 5.69 Å². The van der Waals surface area contributed by atoms with Crippen molar-refractivity contribution in [3.63, 3.8) is 0 Å². The Morgan fingerprint density at radius 2 is 2.19 bits per heavy atom. The molecule has 3 atom stereocenters. The third kappa shape index (κ3) is 8.38. The summed E-state index contributed by atoms with van der Waals surface area (Å²) in [6.07, 6.45) is 2.55. The molecular formula is C27H39N5O4S. The molecule has 1 aromatic carbocycles. The maximum absolute atomic E-state index is 13.0. The summed E-state index contributed by atoms with van der Waals surface area (Å²) in [6, 6.07) is 8.16. The molecule has 2 fully saturated rings. The van der Waals surface area contributed by atoms with E-state index in [0.29, 0.717) is 39.1 Å². The molecule has 2 aliphatic rings. The Morgan fingerprint density at radius 3 is 2.89 bits per heavy atom. The number of benzene rings is 1. The van der Waals surface area contributed by atoms with E-state index in [9.17, 15) is 14.9 Å². The van der Waals surface area contributed by atoms with Crippen LogP contribution in [0.2, 0.25) is 0 Å². The summed E-state index contributed by atoms with van der Waals surface area (Å²) >= 11 is 1.55. The van der Waals surface area contributed by atoms with E-state index < -0.39 is 5.92 Å². The summed E-state index contributed by atoms with van der Waals surface area (Å²) in [6.45, 7) is 14.0. The zero-order valence-corrected chi connectivity index (χ0v) is 22.7. The number of hydrogen-bond donors (Lipinski definition) is 2. The molecule has 2 amide bonds. The van der Waals surface area contributed by atoms with Crippen molar-refractivity contribution in [2.24, 2.45) is 5.92 Å². The molecule has 0 radical (unpaired) electrons. The molecule has 2 saturated heterocycles. The van der Waals surface area contributed by atoms with Crippen LogP contribution in [0.15, 0.2) is 30.9 Å². The van der Waals surface area contributed by atoms with Crippen LogP contribution in [0, 0.1) is 24.2 Å². The Labute approximate surface area is 224 Å². The van der Waals surface area contributed by atoms with Gasteiger partial charge in [0, 0.05) is 57.4 Å². The van der Waals surface area contributed by atoms with Gasteiger partial charge in [0.25, 0.3) is 0 Å². The summed E-state index contributed by atoms with van der Waals surface area (Å²) in [5.74, 6) is -0.193. The number of anilines is 1. The van der Waals surface area contributed by atoms with E-state index in [2.05, 4.69) is 28.2 Å². The second-order valence-electron chi connectivity index (χ2n) is 9.15. The summed E-state index contributed by atoms with van der Waals surface area (Å²) in [5.41, 5.74) is 2.04. The van der Waals surface area contributed by atoms with Crippen LogP contribution in [-0.4, -0.2) is 91.3 Å². The Morgan fingerprint density at radius 1 is 1.41 bits per heavy atom. The molecule has 1 aromatic rings. The fourth-order valence-corrected chi connectivity index (χ4v) is 6.01. The van der Waals surface area contributed by atoms with Gasteiger partial charge in [0.05, 0.1) is 29.9 Å².